The van der Waals surface area contributed by atoms with Crippen molar-refractivity contribution >= 4 is 64.3 Å². The van der Waals surface area contributed by atoms with E-state index in [1.807, 2.05) is 0 Å². The number of benzene rings is 2. The molecule has 2 aromatic carbocycles. The molecule has 0 saturated heterocycles. The first kappa shape index (κ1) is 17.9. The SMILES string of the molecule is O=Cc1ccc(OCC(=O)Nc2c(Cl)c(Cl)cc(Cl)c2Cl)cc1. The highest BCUT2D eigenvalue weighted by molar-refractivity contribution is 6.50. The Morgan fingerprint density at radius 2 is 1.61 bits per heavy atom. The fourth-order valence-electron chi connectivity index (χ4n) is 1.65. The van der Waals surface area contributed by atoms with Gasteiger partial charge in [-0.05, 0) is 30.3 Å². The second kappa shape index (κ2) is 7.88. The lowest BCUT2D eigenvalue weighted by Gasteiger charge is -2.12. The Morgan fingerprint density at radius 1 is 1.04 bits per heavy atom. The van der Waals surface area contributed by atoms with Crippen LogP contribution in [0.25, 0.3) is 0 Å². The van der Waals surface area contributed by atoms with Crippen LogP contribution < -0.4 is 10.1 Å². The van der Waals surface area contributed by atoms with Crippen molar-refractivity contribution in [1.29, 1.82) is 0 Å². The van der Waals surface area contributed by atoms with Gasteiger partial charge in [-0.25, -0.2) is 0 Å². The summed E-state index contributed by atoms with van der Waals surface area (Å²) in [6.07, 6.45) is 0.712. The van der Waals surface area contributed by atoms with Crippen molar-refractivity contribution in [3.63, 3.8) is 0 Å². The largest absolute Gasteiger partial charge is 0.484 e. The van der Waals surface area contributed by atoms with Gasteiger partial charge in [-0.1, -0.05) is 46.4 Å². The maximum absolute atomic E-state index is 11.9. The molecule has 0 aliphatic carbocycles. The third-order valence-corrected chi connectivity index (χ3v) is 4.34. The zero-order valence-corrected chi connectivity index (χ0v) is 14.4. The number of amides is 1. The second-order valence-corrected chi connectivity index (χ2v) is 5.94. The van der Waals surface area contributed by atoms with E-state index < -0.39 is 5.91 Å². The molecule has 8 heteroatoms. The molecule has 0 aliphatic rings. The van der Waals surface area contributed by atoms with Gasteiger partial charge < -0.3 is 10.1 Å². The third-order valence-electron chi connectivity index (χ3n) is 2.76. The van der Waals surface area contributed by atoms with Gasteiger partial charge in [-0.3, -0.25) is 9.59 Å². The van der Waals surface area contributed by atoms with Crippen molar-refractivity contribution in [3.8, 4) is 5.75 Å². The van der Waals surface area contributed by atoms with E-state index in [0.29, 0.717) is 17.6 Å². The molecule has 1 N–H and O–H groups in total. The molecule has 4 nitrogen and oxygen atoms in total. The van der Waals surface area contributed by atoms with Crippen LogP contribution in [0.5, 0.6) is 5.75 Å². The maximum Gasteiger partial charge on any atom is 0.262 e. The molecule has 0 heterocycles. The molecule has 0 unspecified atom stereocenters. The quantitative estimate of drug-likeness (QED) is 0.566. The third kappa shape index (κ3) is 4.52. The average Bonchev–Trinajstić information content (AvgIpc) is 2.55. The number of ether oxygens (including phenoxy) is 1. The zero-order valence-electron chi connectivity index (χ0n) is 11.4. The fourth-order valence-corrected chi connectivity index (χ4v) is 2.55. The lowest BCUT2D eigenvalue weighted by atomic mass is 10.2. The Hall–Kier alpha value is -1.46. The van der Waals surface area contributed by atoms with E-state index in [1.54, 1.807) is 24.3 Å². The summed E-state index contributed by atoms with van der Waals surface area (Å²) in [6.45, 7) is -0.281. The lowest BCUT2D eigenvalue weighted by molar-refractivity contribution is -0.118. The van der Waals surface area contributed by atoms with Crippen LogP contribution in [0, 0.1) is 0 Å². The highest BCUT2D eigenvalue weighted by Gasteiger charge is 2.16. The number of hydrogen-bond donors (Lipinski definition) is 1. The van der Waals surface area contributed by atoms with Crippen LogP contribution in [-0.2, 0) is 4.79 Å². The summed E-state index contributed by atoms with van der Waals surface area (Å²) < 4.78 is 5.30. The number of aldehydes is 1. The molecule has 1 amide bonds. The van der Waals surface area contributed by atoms with E-state index in [1.165, 1.54) is 6.07 Å². The van der Waals surface area contributed by atoms with Crippen molar-refractivity contribution in [1.82, 2.24) is 0 Å². The summed E-state index contributed by atoms with van der Waals surface area (Å²) >= 11 is 23.8. The minimum atomic E-state index is -0.494. The molecule has 0 aliphatic heterocycles. The van der Waals surface area contributed by atoms with Crippen molar-refractivity contribution < 1.29 is 14.3 Å². The second-order valence-electron chi connectivity index (χ2n) is 4.37. The molecule has 0 fully saturated rings. The van der Waals surface area contributed by atoms with Crippen LogP contribution >= 0.6 is 46.4 Å². The van der Waals surface area contributed by atoms with E-state index in [9.17, 15) is 9.59 Å². The monoisotopic (exact) mass is 391 g/mol. The smallest absolute Gasteiger partial charge is 0.262 e. The van der Waals surface area contributed by atoms with Gasteiger partial charge in [0.2, 0.25) is 0 Å². The molecule has 2 aromatic rings. The molecular formula is C15H9Cl4NO3. The van der Waals surface area contributed by atoms with Gasteiger partial charge in [-0.2, -0.15) is 0 Å². The average molecular weight is 393 g/mol. The minimum absolute atomic E-state index is 0.0877. The van der Waals surface area contributed by atoms with Gasteiger partial charge in [0.15, 0.2) is 6.61 Å². The molecule has 0 bridgehead atoms. The molecule has 0 saturated carbocycles. The van der Waals surface area contributed by atoms with Crippen LogP contribution in [0.2, 0.25) is 20.1 Å². The predicted octanol–water partition coefficient (Wildman–Crippen LogP) is 5.13. The Balaban J connectivity index is 2.04. The van der Waals surface area contributed by atoms with Crippen LogP contribution in [0.3, 0.4) is 0 Å². The number of carbonyl (C=O) groups excluding carboxylic acids is 2. The highest BCUT2D eigenvalue weighted by atomic mass is 35.5. The number of hydrogen-bond acceptors (Lipinski definition) is 3. The van der Waals surface area contributed by atoms with Gasteiger partial charge in [0.25, 0.3) is 5.91 Å². The highest BCUT2D eigenvalue weighted by Crippen LogP contribution is 2.40. The first-order valence-corrected chi connectivity index (χ1v) is 7.74. The van der Waals surface area contributed by atoms with Crippen LogP contribution in [0.4, 0.5) is 5.69 Å². The lowest BCUT2D eigenvalue weighted by Crippen LogP contribution is -2.20. The molecule has 0 atom stereocenters. The van der Waals surface area contributed by atoms with Crippen LogP contribution in [0.1, 0.15) is 10.4 Å². The van der Waals surface area contributed by atoms with E-state index in [4.69, 9.17) is 51.1 Å². The topological polar surface area (TPSA) is 55.4 Å². The van der Waals surface area contributed by atoms with E-state index >= 15 is 0 Å². The number of anilines is 1. The molecule has 0 aromatic heterocycles. The molecular weight excluding hydrogens is 384 g/mol. The Kier molecular flexibility index (Phi) is 6.13. The predicted molar refractivity (Wildman–Crippen MR) is 92.4 cm³/mol. The van der Waals surface area contributed by atoms with Crippen LogP contribution in [-0.4, -0.2) is 18.8 Å². The van der Waals surface area contributed by atoms with E-state index in [-0.39, 0.29) is 32.4 Å². The molecule has 23 heavy (non-hydrogen) atoms. The normalized spacial score (nSPS) is 10.3. The number of rotatable bonds is 5. The fraction of sp³-hybridized carbons (Fsp3) is 0.0667. The Labute approximate surface area is 152 Å². The summed E-state index contributed by atoms with van der Waals surface area (Å²) in [7, 11) is 0. The maximum atomic E-state index is 11.9. The van der Waals surface area contributed by atoms with Gasteiger partial charge >= 0.3 is 0 Å². The molecule has 0 spiro atoms. The van der Waals surface area contributed by atoms with Gasteiger partial charge in [-0.15, -0.1) is 0 Å². The van der Waals surface area contributed by atoms with Crippen molar-refractivity contribution in [2.75, 3.05) is 11.9 Å². The Morgan fingerprint density at radius 3 is 2.13 bits per heavy atom. The molecule has 2 rings (SSSR count). The van der Waals surface area contributed by atoms with Gasteiger partial charge in [0.05, 0.1) is 25.8 Å². The summed E-state index contributed by atoms with van der Waals surface area (Å²) in [4.78, 5) is 22.5. The first-order valence-electron chi connectivity index (χ1n) is 6.23. The van der Waals surface area contributed by atoms with Crippen molar-refractivity contribution in [2.45, 2.75) is 0 Å². The summed E-state index contributed by atoms with van der Waals surface area (Å²) in [6, 6.07) is 7.68. The zero-order chi connectivity index (χ0) is 17.0. The first-order chi connectivity index (χ1) is 10.9. The summed E-state index contributed by atoms with van der Waals surface area (Å²) in [5, 5.41) is 3.01. The van der Waals surface area contributed by atoms with Crippen molar-refractivity contribution in [3.05, 3.63) is 56.0 Å². The van der Waals surface area contributed by atoms with E-state index in [0.717, 1.165) is 0 Å². The summed E-state index contributed by atoms with van der Waals surface area (Å²) in [5.74, 6) is -0.0568. The number of carbonyl (C=O) groups is 2. The molecule has 0 radical (unpaired) electrons. The Bertz CT molecular complexity index is 721. The number of halogens is 4. The van der Waals surface area contributed by atoms with E-state index in [2.05, 4.69) is 5.32 Å². The standard InChI is InChI=1S/C15H9Cl4NO3/c16-10-5-11(17)14(19)15(13(10)18)20-12(22)7-23-9-3-1-8(6-21)2-4-9/h1-6H,7H2,(H,20,22). The van der Waals surface area contributed by atoms with Gasteiger partial charge in [0.1, 0.15) is 12.0 Å². The van der Waals surface area contributed by atoms with Crippen molar-refractivity contribution in [2.24, 2.45) is 0 Å². The van der Waals surface area contributed by atoms with Gasteiger partial charge in [0, 0.05) is 5.56 Å². The number of nitrogens with one attached hydrogen (secondary N) is 1. The summed E-state index contributed by atoms with van der Waals surface area (Å²) in [5.41, 5.74) is 0.629. The minimum Gasteiger partial charge on any atom is -0.484 e. The molecule has 120 valence electrons. The van der Waals surface area contributed by atoms with Crippen LogP contribution in [0.15, 0.2) is 30.3 Å².